The standard InChI is InChI=1S/C12H18N2O3.ClH/c1-14(7-10-3-2-4-16-10)12(15)9-5-11(6-13)17-8-9;/h5,8,10H,2-4,6-7,13H2,1H3;1H. The summed E-state index contributed by atoms with van der Waals surface area (Å²) in [5.74, 6) is 0.572. The summed E-state index contributed by atoms with van der Waals surface area (Å²) in [6.45, 7) is 1.74. The minimum atomic E-state index is -0.0519. The fourth-order valence-corrected chi connectivity index (χ4v) is 2.00. The molecular weight excluding hydrogens is 256 g/mol. The van der Waals surface area contributed by atoms with E-state index in [1.807, 2.05) is 0 Å². The van der Waals surface area contributed by atoms with Crippen LogP contribution < -0.4 is 5.73 Å². The fraction of sp³-hybridized carbons (Fsp3) is 0.583. The zero-order valence-electron chi connectivity index (χ0n) is 10.4. The maximum absolute atomic E-state index is 12.0. The van der Waals surface area contributed by atoms with Crippen LogP contribution in [-0.4, -0.2) is 37.1 Å². The minimum Gasteiger partial charge on any atom is -0.467 e. The molecule has 5 nitrogen and oxygen atoms in total. The molecule has 1 unspecified atom stereocenters. The van der Waals surface area contributed by atoms with Crippen molar-refractivity contribution in [1.29, 1.82) is 0 Å². The Kier molecular flexibility index (Phi) is 5.65. The molecule has 1 atom stereocenters. The first-order chi connectivity index (χ1) is 8.20. The lowest BCUT2D eigenvalue weighted by Crippen LogP contribution is -2.33. The Bertz CT molecular complexity index is 388. The number of hydrogen-bond acceptors (Lipinski definition) is 4. The van der Waals surface area contributed by atoms with Gasteiger partial charge >= 0.3 is 0 Å². The zero-order valence-corrected chi connectivity index (χ0v) is 11.2. The molecule has 0 radical (unpaired) electrons. The number of likely N-dealkylation sites (N-methyl/N-ethyl adjacent to an activating group) is 1. The molecule has 1 aliphatic heterocycles. The lowest BCUT2D eigenvalue weighted by Gasteiger charge is -2.19. The molecule has 2 heterocycles. The monoisotopic (exact) mass is 274 g/mol. The third-order valence-electron chi connectivity index (χ3n) is 2.95. The normalized spacial score (nSPS) is 18.4. The molecule has 1 saturated heterocycles. The highest BCUT2D eigenvalue weighted by Crippen LogP contribution is 2.15. The summed E-state index contributed by atoms with van der Waals surface area (Å²) in [5, 5.41) is 0. The average Bonchev–Trinajstić information content (AvgIpc) is 2.98. The number of carbonyl (C=O) groups excluding carboxylic acids is 1. The minimum absolute atomic E-state index is 0. The van der Waals surface area contributed by atoms with E-state index < -0.39 is 0 Å². The molecule has 1 aromatic heterocycles. The molecule has 0 spiro atoms. The molecule has 18 heavy (non-hydrogen) atoms. The first-order valence-electron chi connectivity index (χ1n) is 5.85. The van der Waals surface area contributed by atoms with Gasteiger partial charge in [-0.2, -0.15) is 0 Å². The van der Waals surface area contributed by atoms with Crippen LogP contribution in [0.5, 0.6) is 0 Å². The second kappa shape index (κ2) is 6.78. The first-order valence-corrected chi connectivity index (χ1v) is 5.85. The van der Waals surface area contributed by atoms with Gasteiger partial charge < -0.3 is 19.8 Å². The lowest BCUT2D eigenvalue weighted by molar-refractivity contribution is 0.0586. The van der Waals surface area contributed by atoms with E-state index in [0.29, 0.717) is 24.4 Å². The van der Waals surface area contributed by atoms with Crippen molar-refractivity contribution >= 4 is 18.3 Å². The maximum Gasteiger partial charge on any atom is 0.256 e. The van der Waals surface area contributed by atoms with Crippen LogP contribution in [0, 0.1) is 0 Å². The second-order valence-corrected chi connectivity index (χ2v) is 4.33. The van der Waals surface area contributed by atoms with E-state index in [9.17, 15) is 4.79 Å². The average molecular weight is 275 g/mol. The number of hydrogen-bond donors (Lipinski definition) is 1. The molecule has 1 aromatic rings. The van der Waals surface area contributed by atoms with E-state index in [0.717, 1.165) is 19.4 Å². The topological polar surface area (TPSA) is 68.7 Å². The number of nitrogens with zero attached hydrogens (tertiary/aromatic N) is 1. The van der Waals surface area contributed by atoms with Crippen LogP contribution in [0.25, 0.3) is 0 Å². The van der Waals surface area contributed by atoms with E-state index in [2.05, 4.69) is 0 Å². The van der Waals surface area contributed by atoms with Gasteiger partial charge in [-0.05, 0) is 18.9 Å². The molecule has 2 N–H and O–H groups in total. The van der Waals surface area contributed by atoms with Crippen LogP contribution in [0.15, 0.2) is 16.7 Å². The Morgan fingerprint density at radius 1 is 1.61 bits per heavy atom. The van der Waals surface area contributed by atoms with E-state index in [4.69, 9.17) is 14.9 Å². The Hall–Kier alpha value is -1.04. The summed E-state index contributed by atoms with van der Waals surface area (Å²) in [6.07, 6.45) is 3.73. The summed E-state index contributed by atoms with van der Waals surface area (Å²) in [4.78, 5) is 13.7. The number of rotatable bonds is 4. The van der Waals surface area contributed by atoms with E-state index in [1.54, 1.807) is 18.0 Å². The number of nitrogens with two attached hydrogens (primary N) is 1. The number of amides is 1. The molecule has 0 aromatic carbocycles. The first kappa shape index (κ1) is 15.0. The van der Waals surface area contributed by atoms with E-state index in [1.165, 1.54) is 6.26 Å². The molecule has 0 bridgehead atoms. The van der Waals surface area contributed by atoms with Crippen molar-refractivity contribution < 1.29 is 13.9 Å². The highest BCUT2D eigenvalue weighted by molar-refractivity contribution is 5.93. The Morgan fingerprint density at radius 2 is 2.39 bits per heavy atom. The van der Waals surface area contributed by atoms with Gasteiger partial charge in [-0.3, -0.25) is 4.79 Å². The molecule has 0 saturated carbocycles. The largest absolute Gasteiger partial charge is 0.467 e. The predicted octanol–water partition coefficient (Wildman–Crippen LogP) is 1.41. The summed E-state index contributed by atoms with van der Waals surface area (Å²) in [7, 11) is 1.78. The quantitative estimate of drug-likeness (QED) is 0.901. The highest BCUT2D eigenvalue weighted by atomic mass is 35.5. The van der Waals surface area contributed by atoms with E-state index >= 15 is 0 Å². The predicted molar refractivity (Wildman–Crippen MR) is 69.8 cm³/mol. The van der Waals surface area contributed by atoms with E-state index in [-0.39, 0.29) is 24.4 Å². The van der Waals surface area contributed by atoms with Crippen LogP contribution in [0.1, 0.15) is 29.0 Å². The fourth-order valence-electron chi connectivity index (χ4n) is 2.00. The van der Waals surface area contributed by atoms with Crippen molar-refractivity contribution in [3.63, 3.8) is 0 Å². The molecule has 1 aliphatic rings. The number of halogens is 1. The van der Waals surface area contributed by atoms with Crippen molar-refractivity contribution in [2.45, 2.75) is 25.5 Å². The number of ether oxygens (including phenoxy) is 1. The number of furan rings is 1. The SMILES string of the molecule is CN(CC1CCCO1)C(=O)c1coc(CN)c1.Cl. The van der Waals surface area contributed by atoms with Crippen LogP contribution in [0.4, 0.5) is 0 Å². The van der Waals surface area contributed by atoms with Gasteiger partial charge in [0, 0.05) is 20.2 Å². The van der Waals surface area contributed by atoms with Gasteiger partial charge in [-0.1, -0.05) is 0 Å². The van der Waals surface area contributed by atoms with Gasteiger partial charge in [0.05, 0.1) is 18.2 Å². The molecule has 1 fully saturated rings. The number of carbonyl (C=O) groups is 1. The Balaban J connectivity index is 0.00000162. The summed E-state index contributed by atoms with van der Waals surface area (Å²) < 4.78 is 10.7. The Labute approximate surface area is 113 Å². The van der Waals surface area contributed by atoms with Gasteiger partial charge in [0.2, 0.25) is 0 Å². The van der Waals surface area contributed by atoms with Crippen LogP contribution in [0.3, 0.4) is 0 Å². The van der Waals surface area contributed by atoms with Crippen molar-refractivity contribution in [3.8, 4) is 0 Å². The molecular formula is C12H19ClN2O3. The van der Waals surface area contributed by atoms with Crippen molar-refractivity contribution in [1.82, 2.24) is 4.90 Å². The van der Waals surface area contributed by atoms with Gasteiger partial charge in [-0.25, -0.2) is 0 Å². The lowest BCUT2D eigenvalue weighted by atomic mass is 10.2. The molecule has 6 heteroatoms. The smallest absolute Gasteiger partial charge is 0.256 e. The van der Waals surface area contributed by atoms with Crippen LogP contribution in [0.2, 0.25) is 0 Å². The van der Waals surface area contributed by atoms with Gasteiger partial charge in [0.1, 0.15) is 12.0 Å². The molecule has 1 amide bonds. The Morgan fingerprint density at radius 3 is 2.94 bits per heavy atom. The van der Waals surface area contributed by atoms with Gasteiger partial charge in [-0.15, -0.1) is 12.4 Å². The third kappa shape index (κ3) is 3.48. The van der Waals surface area contributed by atoms with Gasteiger partial charge in [0.25, 0.3) is 5.91 Å². The zero-order chi connectivity index (χ0) is 12.3. The summed E-state index contributed by atoms with van der Waals surface area (Å²) in [5.41, 5.74) is 5.98. The second-order valence-electron chi connectivity index (χ2n) is 4.33. The third-order valence-corrected chi connectivity index (χ3v) is 2.95. The summed E-state index contributed by atoms with van der Waals surface area (Å²) >= 11 is 0. The van der Waals surface area contributed by atoms with Gasteiger partial charge in [0.15, 0.2) is 0 Å². The molecule has 2 rings (SSSR count). The van der Waals surface area contributed by atoms with Crippen molar-refractivity contribution in [3.05, 3.63) is 23.7 Å². The van der Waals surface area contributed by atoms with Crippen molar-refractivity contribution in [2.75, 3.05) is 20.2 Å². The van der Waals surface area contributed by atoms with Crippen molar-refractivity contribution in [2.24, 2.45) is 5.73 Å². The molecule has 102 valence electrons. The maximum atomic E-state index is 12.0. The van der Waals surface area contributed by atoms with Crippen LogP contribution in [-0.2, 0) is 11.3 Å². The molecule has 0 aliphatic carbocycles. The summed E-state index contributed by atoms with van der Waals surface area (Å²) in [6, 6.07) is 1.69. The highest BCUT2D eigenvalue weighted by Gasteiger charge is 2.21. The van der Waals surface area contributed by atoms with Crippen LogP contribution >= 0.6 is 12.4 Å².